The fourth-order valence-corrected chi connectivity index (χ4v) is 2.95. The number of rotatable bonds is 2. The molecular formula is C13H7ClFNOS. The van der Waals surface area contributed by atoms with Gasteiger partial charge in [-0.3, -0.25) is 4.79 Å². The van der Waals surface area contributed by atoms with Crippen LogP contribution in [0.25, 0.3) is 10.9 Å². The summed E-state index contributed by atoms with van der Waals surface area (Å²) in [4.78, 5) is 15.7. The van der Waals surface area contributed by atoms with Crippen LogP contribution in [0.3, 0.4) is 0 Å². The summed E-state index contributed by atoms with van der Waals surface area (Å²) in [6, 6.07) is 5.98. The summed E-state index contributed by atoms with van der Waals surface area (Å²) in [5.74, 6) is -0.555. The van der Waals surface area contributed by atoms with Gasteiger partial charge in [-0.05, 0) is 29.6 Å². The first-order valence-electron chi connectivity index (χ1n) is 5.21. The van der Waals surface area contributed by atoms with E-state index in [0.717, 1.165) is 5.52 Å². The number of aromatic nitrogens is 1. The Kier molecular flexibility index (Phi) is 2.69. The predicted octanol–water partition coefficient (Wildman–Crippen LogP) is 4.25. The van der Waals surface area contributed by atoms with Crippen molar-refractivity contribution in [2.24, 2.45) is 0 Å². The van der Waals surface area contributed by atoms with Gasteiger partial charge in [-0.1, -0.05) is 11.6 Å². The molecule has 0 spiro atoms. The van der Waals surface area contributed by atoms with E-state index in [0.29, 0.717) is 20.8 Å². The predicted molar refractivity (Wildman–Crippen MR) is 71.0 cm³/mol. The molecule has 5 heteroatoms. The van der Waals surface area contributed by atoms with Gasteiger partial charge in [-0.15, -0.1) is 11.3 Å². The molecule has 0 amide bonds. The molecule has 0 bridgehead atoms. The molecule has 0 aliphatic carbocycles. The second-order valence-corrected chi connectivity index (χ2v) is 5.14. The van der Waals surface area contributed by atoms with Crippen molar-refractivity contribution in [3.63, 3.8) is 0 Å². The third-order valence-electron chi connectivity index (χ3n) is 2.71. The van der Waals surface area contributed by atoms with E-state index >= 15 is 0 Å². The molecule has 2 heterocycles. The summed E-state index contributed by atoms with van der Waals surface area (Å²) < 4.78 is 13.2. The smallest absolute Gasteiger partial charge is 0.206 e. The minimum Gasteiger partial charge on any atom is -0.360 e. The molecule has 1 N–H and O–H groups in total. The molecule has 0 saturated carbocycles. The molecule has 0 radical (unpaired) electrons. The van der Waals surface area contributed by atoms with E-state index in [-0.39, 0.29) is 11.6 Å². The topological polar surface area (TPSA) is 32.9 Å². The highest BCUT2D eigenvalue weighted by molar-refractivity contribution is 7.13. The maximum atomic E-state index is 13.2. The average Bonchev–Trinajstić information content (AvgIpc) is 2.94. The number of aromatic amines is 1. The SMILES string of the molecule is O=C(c1sccc1Cl)c1c[nH]c2ccc(F)cc12. The van der Waals surface area contributed by atoms with Crippen LogP contribution < -0.4 is 0 Å². The minimum atomic E-state index is -0.367. The maximum absolute atomic E-state index is 13.2. The van der Waals surface area contributed by atoms with Gasteiger partial charge in [0.2, 0.25) is 5.78 Å². The van der Waals surface area contributed by atoms with Crippen LogP contribution >= 0.6 is 22.9 Å². The third kappa shape index (κ3) is 1.74. The Morgan fingerprint density at radius 2 is 2.17 bits per heavy atom. The van der Waals surface area contributed by atoms with Gasteiger partial charge in [0, 0.05) is 22.7 Å². The van der Waals surface area contributed by atoms with Gasteiger partial charge in [-0.2, -0.15) is 0 Å². The van der Waals surface area contributed by atoms with Crippen molar-refractivity contribution >= 4 is 39.6 Å². The van der Waals surface area contributed by atoms with Gasteiger partial charge < -0.3 is 4.98 Å². The van der Waals surface area contributed by atoms with Gasteiger partial charge in [-0.25, -0.2) is 4.39 Å². The Balaban J connectivity index is 2.18. The number of hydrogen-bond donors (Lipinski definition) is 1. The Morgan fingerprint density at radius 1 is 1.33 bits per heavy atom. The van der Waals surface area contributed by atoms with Crippen molar-refractivity contribution in [2.75, 3.05) is 0 Å². The number of thiophene rings is 1. The third-order valence-corrected chi connectivity index (χ3v) is 4.05. The number of ketones is 1. The zero-order valence-electron chi connectivity index (χ0n) is 9.04. The molecule has 90 valence electrons. The van der Waals surface area contributed by atoms with Crippen LogP contribution in [-0.4, -0.2) is 10.8 Å². The number of nitrogens with one attached hydrogen (secondary N) is 1. The first kappa shape index (κ1) is 11.4. The van der Waals surface area contributed by atoms with Crippen LogP contribution in [0.5, 0.6) is 0 Å². The Bertz CT molecular complexity index is 746. The van der Waals surface area contributed by atoms with Crippen LogP contribution in [0.15, 0.2) is 35.8 Å². The highest BCUT2D eigenvalue weighted by atomic mass is 35.5. The summed E-state index contributed by atoms with van der Waals surface area (Å²) in [6.45, 7) is 0. The molecule has 0 atom stereocenters. The van der Waals surface area contributed by atoms with Crippen molar-refractivity contribution in [2.45, 2.75) is 0 Å². The molecule has 3 aromatic rings. The Labute approximate surface area is 111 Å². The van der Waals surface area contributed by atoms with E-state index in [1.54, 1.807) is 23.7 Å². The lowest BCUT2D eigenvalue weighted by Gasteiger charge is -1.97. The fraction of sp³-hybridized carbons (Fsp3) is 0. The highest BCUT2D eigenvalue weighted by Crippen LogP contribution is 2.28. The van der Waals surface area contributed by atoms with E-state index in [1.807, 2.05) is 0 Å². The van der Waals surface area contributed by atoms with Crippen LogP contribution in [-0.2, 0) is 0 Å². The van der Waals surface area contributed by atoms with Crippen LogP contribution in [0.4, 0.5) is 4.39 Å². The summed E-state index contributed by atoms with van der Waals surface area (Å²) in [5, 5.41) is 2.76. The molecule has 0 aliphatic rings. The van der Waals surface area contributed by atoms with Crippen molar-refractivity contribution in [1.82, 2.24) is 4.98 Å². The lowest BCUT2D eigenvalue weighted by molar-refractivity contribution is 0.104. The largest absolute Gasteiger partial charge is 0.360 e. The first-order valence-corrected chi connectivity index (χ1v) is 6.47. The van der Waals surface area contributed by atoms with Crippen LogP contribution in [0.1, 0.15) is 15.2 Å². The Morgan fingerprint density at radius 3 is 2.89 bits per heavy atom. The molecular weight excluding hydrogens is 273 g/mol. The number of hydrogen-bond acceptors (Lipinski definition) is 2. The van der Waals surface area contributed by atoms with E-state index in [4.69, 9.17) is 11.6 Å². The van der Waals surface area contributed by atoms with E-state index in [2.05, 4.69) is 4.98 Å². The van der Waals surface area contributed by atoms with Crippen molar-refractivity contribution < 1.29 is 9.18 Å². The molecule has 0 saturated heterocycles. The van der Waals surface area contributed by atoms with E-state index in [1.165, 1.54) is 23.5 Å². The number of benzene rings is 1. The van der Waals surface area contributed by atoms with Crippen molar-refractivity contribution in [1.29, 1.82) is 0 Å². The van der Waals surface area contributed by atoms with Gasteiger partial charge in [0.1, 0.15) is 5.82 Å². The lowest BCUT2D eigenvalue weighted by atomic mass is 10.1. The number of fused-ring (bicyclic) bond motifs is 1. The summed E-state index contributed by atoms with van der Waals surface area (Å²) in [5.41, 5.74) is 1.17. The lowest BCUT2D eigenvalue weighted by Crippen LogP contribution is -1.98. The number of halogens is 2. The molecule has 1 aromatic carbocycles. The molecule has 18 heavy (non-hydrogen) atoms. The summed E-state index contributed by atoms with van der Waals surface area (Å²) in [7, 11) is 0. The molecule has 0 aliphatic heterocycles. The molecule has 2 nitrogen and oxygen atoms in total. The number of H-pyrrole nitrogens is 1. The zero-order valence-corrected chi connectivity index (χ0v) is 10.6. The second-order valence-electron chi connectivity index (χ2n) is 3.82. The molecule has 0 fully saturated rings. The van der Waals surface area contributed by atoms with E-state index < -0.39 is 0 Å². The second kappa shape index (κ2) is 4.23. The van der Waals surface area contributed by atoms with Crippen molar-refractivity contribution in [3.8, 4) is 0 Å². The van der Waals surface area contributed by atoms with Crippen LogP contribution in [0, 0.1) is 5.82 Å². The van der Waals surface area contributed by atoms with Gasteiger partial charge in [0.05, 0.1) is 9.90 Å². The van der Waals surface area contributed by atoms with Crippen LogP contribution in [0.2, 0.25) is 5.02 Å². The molecule has 0 unspecified atom stereocenters. The highest BCUT2D eigenvalue weighted by Gasteiger charge is 2.18. The standard InChI is InChI=1S/C13H7ClFNOS/c14-10-3-4-18-13(10)12(17)9-6-16-11-2-1-7(15)5-8(9)11/h1-6,16H. The van der Waals surface area contributed by atoms with Gasteiger partial charge in [0.25, 0.3) is 0 Å². The molecule has 3 rings (SSSR count). The fourth-order valence-electron chi connectivity index (χ4n) is 1.86. The zero-order chi connectivity index (χ0) is 12.7. The normalized spacial score (nSPS) is 11.0. The first-order chi connectivity index (χ1) is 8.66. The van der Waals surface area contributed by atoms with Gasteiger partial charge >= 0.3 is 0 Å². The number of carbonyl (C=O) groups is 1. The summed E-state index contributed by atoms with van der Waals surface area (Å²) >= 11 is 7.22. The number of carbonyl (C=O) groups excluding carboxylic acids is 1. The van der Waals surface area contributed by atoms with Gasteiger partial charge in [0.15, 0.2) is 0 Å². The molecule has 2 aromatic heterocycles. The Hall–Kier alpha value is -1.65. The minimum absolute atomic E-state index is 0.188. The van der Waals surface area contributed by atoms with Crippen molar-refractivity contribution in [3.05, 3.63) is 57.1 Å². The maximum Gasteiger partial charge on any atom is 0.206 e. The average molecular weight is 280 g/mol. The quantitative estimate of drug-likeness (QED) is 0.699. The monoisotopic (exact) mass is 279 g/mol. The summed E-state index contributed by atoms with van der Waals surface area (Å²) in [6.07, 6.45) is 1.59. The van der Waals surface area contributed by atoms with E-state index in [9.17, 15) is 9.18 Å².